The van der Waals surface area contributed by atoms with E-state index in [4.69, 9.17) is 9.26 Å². The predicted octanol–water partition coefficient (Wildman–Crippen LogP) is 4.18. The van der Waals surface area contributed by atoms with Crippen LogP contribution in [0.5, 0.6) is 5.75 Å². The number of pyridine rings is 1. The number of carbonyl (C=O) groups is 1. The number of aromatic nitrogens is 3. The van der Waals surface area contributed by atoms with Gasteiger partial charge in [0.05, 0.1) is 7.11 Å². The van der Waals surface area contributed by atoms with Crippen LogP contribution in [-0.4, -0.2) is 46.1 Å². The highest BCUT2D eigenvalue weighted by Crippen LogP contribution is 2.28. The average Bonchev–Trinajstić information content (AvgIpc) is 3.31. The van der Waals surface area contributed by atoms with Crippen molar-refractivity contribution in [2.45, 2.75) is 44.9 Å². The molecule has 162 valence electrons. The van der Waals surface area contributed by atoms with Gasteiger partial charge in [0, 0.05) is 43.4 Å². The van der Waals surface area contributed by atoms with Gasteiger partial charge in [0.1, 0.15) is 5.75 Å². The zero-order valence-electron chi connectivity index (χ0n) is 18.1. The van der Waals surface area contributed by atoms with Crippen LogP contribution in [0.4, 0.5) is 0 Å². The largest absolute Gasteiger partial charge is 0.497 e. The fourth-order valence-electron chi connectivity index (χ4n) is 4.06. The Labute approximate surface area is 182 Å². The van der Waals surface area contributed by atoms with Gasteiger partial charge in [-0.3, -0.25) is 9.78 Å². The number of methoxy groups -OCH3 is 1. The second-order valence-corrected chi connectivity index (χ2v) is 7.99. The highest BCUT2D eigenvalue weighted by Gasteiger charge is 2.27. The number of hydrogen-bond donors (Lipinski definition) is 0. The molecule has 0 spiro atoms. The number of hydrogen-bond acceptors (Lipinski definition) is 6. The van der Waals surface area contributed by atoms with Crippen molar-refractivity contribution in [3.8, 4) is 17.2 Å². The smallest absolute Gasteiger partial charge is 0.258 e. The van der Waals surface area contributed by atoms with Crippen molar-refractivity contribution >= 4 is 5.91 Å². The molecule has 3 heterocycles. The number of likely N-dealkylation sites (tertiary alicyclic amines) is 1. The Kier molecular flexibility index (Phi) is 6.60. The lowest BCUT2D eigenvalue weighted by Crippen LogP contribution is -2.38. The molecule has 2 aromatic heterocycles. The molecule has 0 unspecified atom stereocenters. The zero-order valence-corrected chi connectivity index (χ0v) is 18.1. The van der Waals surface area contributed by atoms with Crippen LogP contribution in [0.3, 0.4) is 0 Å². The minimum Gasteiger partial charge on any atom is -0.497 e. The van der Waals surface area contributed by atoms with Crippen molar-refractivity contribution in [3.63, 3.8) is 0 Å². The molecule has 0 aliphatic carbocycles. The fourth-order valence-corrected chi connectivity index (χ4v) is 4.06. The van der Waals surface area contributed by atoms with Crippen molar-refractivity contribution in [2.24, 2.45) is 0 Å². The lowest BCUT2D eigenvalue weighted by atomic mass is 9.95. The Hall–Kier alpha value is -3.22. The van der Waals surface area contributed by atoms with Gasteiger partial charge in [0.25, 0.3) is 5.89 Å². The summed E-state index contributed by atoms with van der Waals surface area (Å²) < 4.78 is 10.7. The van der Waals surface area contributed by atoms with E-state index >= 15 is 0 Å². The monoisotopic (exact) mass is 420 g/mol. The van der Waals surface area contributed by atoms with Crippen molar-refractivity contribution in [1.82, 2.24) is 20.0 Å². The van der Waals surface area contributed by atoms with Crippen LogP contribution in [-0.2, 0) is 11.2 Å². The second kappa shape index (κ2) is 9.73. The van der Waals surface area contributed by atoms with Crippen LogP contribution in [0, 0.1) is 6.92 Å². The fraction of sp³-hybridized carbons (Fsp3) is 0.417. The van der Waals surface area contributed by atoms with Gasteiger partial charge in [-0.25, -0.2) is 0 Å². The summed E-state index contributed by atoms with van der Waals surface area (Å²) in [5.41, 5.74) is 3.35. The summed E-state index contributed by atoms with van der Waals surface area (Å²) in [6.07, 6.45) is 7.46. The Bertz CT molecular complexity index is 1010. The van der Waals surface area contributed by atoms with Crippen LogP contribution in [0.1, 0.15) is 48.6 Å². The first kappa shape index (κ1) is 21.0. The lowest BCUT2D eigenvalue weighted by Gasteiger charge is -2.30. The maximum absolute atomic E-state index is 12.7. The van der Waals surface area contributed by atoms with Crippen LogP contribution in [0.2, 0.25) is 0 Å². The highest BCUT2D eigenvalue weighted by atomic mass is 16.5. The Morgan fingerprint density at radius 2 is 1.97 bits per heavy atom. The van der Waals surface area contributed by atoms with Gasteiger partial charge in [0.2, 0.25) is 5.91 Å². The third-order valence-electron chi connectivity index (χ3n) is 5.97. The molecule has 0 atom stereocenters. The molecule has 3 aromatic rings. The van der Waals surface area contributed by atoms with Crippen molar-refractivity contribution in [1.29, 1.82) is 0 Å². The lowest BCUT2D eigenvalue weighted by molar-refractivity contribution is -0.132. The molecule has 7 heteroatoms. The molecular weight excluding hydrogens is 392 g/mol. The van der Waals surface area contributed by atoms with E-state index in [-0.39, 0.29) is 11.8 Å². The standard InChI is InChI=1S/C24H28N4O3/c1-17-16-21(30-2)7-6-18(17)4-3-5-22(29)28-14-10-19(11-15-28)23-26-24(31-27-23)20-8-12-25-13-9-20/h6-9,12-13,16,19H,3-5,10-11,14-15H2,1-2H3. The maximum Gasteiger partial charge on any atom is 0.258 e. The van der Waals surface area contributed by atoms with E-state index in [0.29, 0.717) is 12.3 Å². The normalized spacial score (nSPS) is 14.6. The van der Waals surface area contributed by atoms with Gasteiger partial charge in [-0.1, -0.05) is 11.2 Å². The third-order valence-corrected chi connectivity index (χ3v) is 5.97. The average molecular weight is 421 g/mol. The number of piperidine rings is 1. The third kappa shape index (κ3) is 5.10. The summed E-state index contributed by atoms with van der Waals surface area (Å²) in [5.74, 6) is 2.58. The van der Waals surface area contributed by atoms with Crippen LogP contribution in [0.25, 0.3) is 11.5 Å². The highest BCUT2D eigenvalue weighted by molar-refractivity contribution is 5.76. The van der Waals surface area contributed by atoms with E-state index in [2.05, 4.69) is 28.1 Å². The van der Waals surface area contributed by atoms with Gasteiger partial charge < -0.3 is 14.2 Å². The van der Waals surface area contributed by atoms with E-state index < -0.39 is 0 Å². The summed E-state index contributed by atoms with van der Waals surface area (Å²) >= 11 is 0. The minimum atomic E-state index is 0.227. The van der Waals surface area contributed by atoms with E-state index in [1.165, 1.54) is 11.1 Å². The number of benzene rings is 1. The SMILES string of the molecule is COc1ccc(CCCC(=O)N2CCC(c3noc(-c4ccncc4)n3)CC2)c(C)c1. The van der Waals surface area contributed by atoms with Gasteiger partial charge in [0.15, 0.2) is 5.82 Å². The Morgan fingerprint density at radius 1 is 1.19 bits per heavy atom. The second-order valence-electron chi connectivity index (χ2n) is 7.99. The Balaban J connectivity index is 1.24. The van der Waals surface area contributed by atoms with Gasteiger partial charge in [-0.15, -0.1) is 0 Å². The quantitative estimate of drug-likeness (QED) is 0.570. The number of rotatable bonds is 7. The number of carbonyl (C=O) groups excluding carboxylic acids is 1. The van der Waals surface area contributed by atoms with Gasteiger partial charge in [-0.2, -0.15) is 4.98 Å². The van der Waals surface area contributed by atoms with E-state index in [0.717, 1.165) is 55.9 Å². The number of amides is 1. The van der Waals surface area contributed by atoms with Crippen LogP contribution < -0.4 is 4.74 Å². The molecule has 0 N–H and O–H groups in total. The van der Waals surface area contributed by atoms with Crippen molar-refractivity contribution in [3.05, 3.63) is 59.7 Å². The molecule has 31 heavy (non-hydrogen) atoms. The van der Waals surface area contributed by atoms with E-state index in [1.54, 1.807) is 19.5 Å². The molecule has 7 nitrogen and oxygen atoms in total. The van der Waals surface area contributed by atoms with Gasteiger partial charge in [-0.05, 0) is 68.0 Å². The topological polar surface area (TPSA) is 81.4 Å². The summed E-state index contributed by atoms with van der Waals surface area (Å²) in [6, 6.07) is 9.82. The van der Waals surface area contributed by atoms with Crippen LogP contribution >= 0.6 is 0 Å². The minimum absolute atomic E-state index is 0.227. The summed E-state index contributed by atoms with van der Waals surface area (Å²) in [4.78, 5) is 23.2. The van der Waals surface area contributed by atoms with Crippen LogP contribution in [0.15, 0.2) is 47.2 Å². The molecule has 1 aliphatic rings. The summed E-state index contributed by atoms with van der Waals surface area (Å²) in [5, 5.41) is 4.17. The maximum atomic E-state index is 12.7. The summed E-state index contributed by atoms with van der Waals surface area (Å²) in [6.45, 7) is 3.57. The number of ether oxygens (including phenoxy) is 1. The molecule has 1 fully saturated rings. The van der Waals surface area contributed by atoms with Crippen molar-refractivity contribution in [2.75, 3.05) is 20.2 Å². The first-order chi connectivity index (χ1) is 15.1. The molecular formula is C24H28N4O3. The molecule has 1 aliphatic heterocycles. The molecule has 1 saturated heterocycles. The molecule has 0 bridgehead atoms. The molecule has 0 radical (unpaired) electrons. The molecule has 4 rings (SSSR count). The van der Waals surface area contributed by atoms with E-state index in [9.17, 15) is 4.79 Å². The molecule has 1 aromatic carbocycles. The van der Waals surface area contributed by atoms with Gasteiger partial charge >= 0.3 is 0 Å². The zero-order chi connectivity index (χ0) is 21.6. The molecule has 0 saturated carbocycles. The first-order valence-electron chi connectivity index (χ1n) is 10.8. The van der Waals surface area contributed by atoms with Crippen molar-refractivity contribution < 1.29 is 14.1 Å². The number of aryl methyl sites for hydroxylation is 2. The predicted molar refractivity (Wildman–Crippen MR) is 117 cm³/mol. The first-order valence-corrected chi connectivity index (χ1v) is 10.8. The van der Waals surface area contributed by atoms with E-state index in [1.807, 2.05) is 29.2 Å². The summed E-state index contributed by atoms with van der Waals surface area (Å²) in [7, 11) is 1.68. The molecule has 1 amide bonds. The Morgan fingerprint density at radius 3 is 2.68 bits per heavy atom. The number of nitrogens with zero attached hydrogens (tertiary/aromatic N) is 4.